The molecule has 2 aromatic rings. The van der Waals surface area contributed by atoms with Gasteiger partial charge in [-0.05, 0) is 25.1 Å². The Morgan fingerprint density at radius 3 is 2.62 bits per heavy atom. The zero-order valence-corrected chi connectivity index (χ0v) is 15.5. The number of nitrogens with zero attached hydrogens (tertiary/aromatic N) is 1. The van der Waals surface area contributed by atoms with Crippen LogP contribution in [0.4, 0.5) is 5.69 Å². The second kappa shape index (κ2) is 8.37. The first kappa shape index (κ1) is 18.6. The van der Waals surface area contributed by atoms with E-state index in [2.05, 4.69) is 5.32 Å². The maximum Gasteiger partial charge on any atom is 0.256 e. The fourth-order valence-corrected chi connectivity index (χ4v) is 3.51. The number of amides is 2. The molecule has 2 rings (SSSR count). The topological polar surface area (TPSA) is 58.6 Å². The van der Waals surface area contributed by atoms with Crippen molar-refractivity contribution in [3.05, 3.63) is 44.6 Å². The van der Waals surface area contributed by atoms with Crippen molar-refractivity contribution in [3.8, 4) is 5.75 Å². The zero-order chi connectivity index (χ0) is 17.7. The van der Waals surface area contributed by atoms with Gasteiger partial charge in [-0.15, -0.1) is 11.3 Å². The monoisotopic (exact) mass is 386 g/mol. The standard InChI is InChI=1S/C16H16Cl2N2O3S/c1-3-20(16(22)12-8-13(17)24-15(12)18)9-14(21)19-10-5-4-6-11(7-10)23-2/h4-8H,3,9H2,1-2H3,(H,19,21). The normalized spacial score (nSPS) is 10.3. The average Bonchev–Trinajstić information content (AvgIpc) is 2.90. The first-order chi connectivity index (χ1) is 11.4. The van der Waals surface area contributed by atoms with Crippen LogP contribution in [0.1, 0.15) is 17.3 Å². The van der Waals surface area contributed by atoms with Gasteiger partial charge in [-0.1, -0.05) is 29.3 Å². The molecule has 1 N–H and O–H groups in total. The van der Waals surface area contributed by atoms with Gasteiger partial charge in [-0.2, -0.15) is 0 Å². The summed E-state index contributed by atoms with van der Waals surface area (Å²) in [5, 5.41) is 2.74. The first-order valence-electron chi connectivity index (χ1n) is 7.12. The number of hydrogen-bond donors (Lipinski definition) is 1. The molecule has 1 aromatic carbocycles. The smallest absolute Gasteiger partial charge is 0.256 e. The second-order valence-corrected chi connectivity index (χ2v) is 7.12. The summed E-state index contributed by atoms with van der Waals surface area (Å²) < 4.78 is 5.86. The number of carbonyl (C=O) groups is 2. The van der Waals surface area contributed by atoms with Crippen LogP contribution in [0.25, 0.3) is 0 Å². The van der Waals surface area contributed by atoms with E-state index < -0.39 is 0 Å². The van der Waals surface area contributed by atoms with Crippen molar-refractivity contribution < 1.29 is 14.3 Å². The summed E-state index contributed by atoms with van der Waals surface area (Å²) >= 11 is 13.0. The number of carbonyl (C=O) groups excluding carboxylic acids is 2. The molecule has 8 heteroatoms. The highest BCUT2D eigenvalue weighted by atomic mass is 35.5. The molecule has 0 aliphatic heterocycles. The molecule has 5 nitrogen and oxygen atoms in total. The van der Waals surface area contributed by atoms with Crippen LogP contribution in [-0.4, -0.2) is 36.9 Å². The van der Waals surface area contributed by atoms with Crippen LogP contribution < -0.4 is 10.1 Å². The van der Waals surface area contributed by atoms with Gasteiger partial charge in [0.2, 0.25) is 5.91 Å². The molecule has 0 aliphatic carbocycles. The number of anilines is 1. The van der Waals surface area contributed by atoms with Crippen molar-refractivity contribution in [2.45, 2.75) is 6.92 Å². The highest BCUT2D eigenvalue weighted by Crippen LogP contribution is 2.31. The van der Waals surface area contributed by atoms with E-state index in [1.807, 2.05) is 0 Å². The van der Waals surface area contributed by atoms with E-state index in [1.54, 1.807) is 38.3 Å². The summed E-state index contributed by atoms with van der Waals surface area (Å²) in [5.74, 6) is -0.00161. The quantitative estimate of drug-likeness (QED) is 0.810. The largest absolute Gasteiger partial charge is 0.497 e. The van der Waals surface area contributed by atoms with Crippen molar-refractivity contribution in [2.75, 3.05) is 25.5 Å². The van der Waals surface area contributed by atoms with Crippen LogP contribution in [0.5, 0.6) is 5.75 Å². The minimum Gasteiger partial charge on any atom is -0.497 e. The van der Waals surface area contributed by atoms with Gasteiger partial charge >= 0.3 is 0 Å². The lowest BCUT2D eigenvalue weighted by atomic mass is 10.2. The third-order valence-electron chi connectivity index (χ3n) is 3.24. The Labute approximate surface area is 154 Å². The van der Waals surface area contributed by atoms with E-state index in [1.165, 1.54) is 11.0 Å². The zero-order valence-electron chi connectivity index (χ0n) is 13.1. The maximum absolute atomic E-state index is 12.5. The lowest BCUT2D eigenvalue weighted by molar-refractivity contribution is -0.116. The number of rotatable bonds is 6. The van der Waals surface area contributed by atoms with Gasteiger partial charge in [0.1, 0.15) is 16.6 Å². The van der Waals surface area contributed by atoms with Crippen LogP contribution in [0.2, 0.25) is 8.67 Å². The predicted molar refractivity (Wildman–Crippen MR) is 97.5 cm³/mol. The van der Waals surface area contributed by atoms with Crippen molar-refractivity contribution in [3.63, 3.8) is 0 Å². The Bertz CT molecular complexity index is 749. The summed E-state index contributed by atoms with van der Waals surface area (Å²) in [4.78, 5) is 26.1. The summed E-state index contributed by atoms with van der Waals surface area (Å²) in [6.45, 7) is 2.07. The molecule has 0 bridgehead atoms. The van der Waals surface area contributed by atoms with Gasteiger partial charge in [-0.3, -0.25) is 9.59 Å². The molecule has 0 unspecified atom stereocenters. The van der Waals surface area contributed by atoms with E-state index in [0.717, 1.165) is 11.3 Å². The average molecular weight is 387 g/mol. The van der Waals surface area contributed by atoms with Crippen molar-refractivity contribution in [1.29, 1.82) is 0 Å². The lowest BCUT2D eigenvalue weighted by Crippen LogP contribution is -2.37. The molecule has 1 aromatic heterocycles. The highest BCUT2D eigenvalue weighted by molar-refractivity contribution is 7.20. The molecule has 0 radical (unpaired) electrons. The van der Waals surface area contributed by atoms with E-state index in [-0.39, 0.29) is 18.4 Å². The van der Waals surface area contributed by atoms with Gasteiger partial charge < -0.3 is 15.0 Å². The van der Waals surface area contributed by atoms with Gasteiger partial charge in [0.15, 0.2) is 0 Å². The highest BCUT2D eigenvalue weighted by Gasteiger charge is 2.21. The molecule has 1 heterocycles. The van der Waals surface area contributed by atoms with Crippen LogP contribution in [0.3, 0.4) is 0 Å². The van der Waals surface area contributed by atoms with Crippen molar-refractivity contribution in [1.82, 2.24) is 4.90 Å². The Morgan fingerprint density at radius 1 is 1.29 bits per heavy atom. The molecule has 24 heavy (non-hydrogen) atoms. The molecule has 0 saturated heterocycles. The lowest BCUT2D eigenvalue weighted by Gasteiger charge is -2.20. The van der Waals surface area contributed by atoms with E-state index in [4.69, 9.17) is 27.9 Å². The first-order valence-corrected chi connectivity index (χ1v) is 8.69. The molecule has 2 amide bonds. The number of ether oxygens (including phenoxy) is 1. The number of halogens is 2. The summed E-state index contributed by atoms with van der Waals surface area (Å²) in [6, 6.07) is 8.50. The van der Waals surface area contributed by atoms with Gasteiger partial charge in [0, 0.05) is 18.3 Å². The number of thiophene rings is 1. The number of nitrogens with one attached hydrogen (secondary N) is 1. The third kappa shape index (κ3) is 4.63. The minimum absolute atomic E-state index is 0.0870. The van der Waals surface area contributed by atoms with E-state index in [9.17, 15) is 9.59 Å². The fourth-order valence-electron chi connectivity index (χ4n) is 2.06. The molecular formula is C16H16Cl2N2O3S. The molecule has 0 saturated carbocycles. The van der Waals surface area contributed by atoms with E-state index >= 15 is 0 Å². The second-order valence-electron chi connectivity index (χ2n) is 4.84. The van der Waals surface area contributed by atoms with Crippen molar-refractivity contribution >= 4 is 52.0 Å². The van der Waals surface area contributed by atoms with Crippen molar-refractivity contribution in [2.24, 2.45) is 0 Å². The van der Waals surface area contributed by atoms with Crippen LogP contribution in [0, 0.1) is 0 Å². The summed E-state index contributed by atoms with van der Waals surface area (Å²) in [5.41, 5.74) is 0.905. The number of benzene rings is 1. The molecular weight excluding hydrogens is 371 g/mol. The summed E-state index contributed by atoms with van der Waals surface area (Å²) in [7, 11) is 1.55. The molecule has 0 atom stereocenters. The Hall–Kier alpha value is -1.76. The fraction of sp³-hybridized carbons (Fsp3) is 0.250. The third-order valence-corrected chi connectivity index (χ3v) is 4.73. The Morgan fingerprint density at radius 2 is 2.04 bits per heavy atom. The molecule has 0 fully saturated rings. The van der Waals surface area contributed by atoms with E-state index in [0.29, 0.717) is 32.2 Å². The predicted octanol–water partition coefficient (Wildman–Crippen LogP) is 4.16. The number of hydrogen-bond acceptors (Lipinski definition) is 4. The maximum atomic E-state index is 12.5. The SMILES string of the molecule is CCN(CC(=O)Nc1cccc(OC)c1)C(=O)c1cc(Cl)sc1Cl. The van der Waals surface area contributed by atoms with Gasteiger partial charge in [0.25, 0.3) is 5.91 Å². The number of likely N-dealkylation sites (N-methyl/N-ethyl adjacent to an activating group) is 1. The van der Waals surface area contributed by atoms with Crippen LogP contribution >= 0.6 is 34.5 Å². The minimum atomic E-state index is -0.327. The Kier molecular flexibility index (Phi) is 6.48. The van der Waals surface area contributed by atoms with Crippen LogP contribution in [0.15, 0.2) is 30.3 Å². The summed E-state index contributed by atoms with van der Waals surface area (Å²) in [6.07, 6.45) is 0. The number of methoxy groups -OCH3 is 1. The molecule has 0 spiro atoms. The van der Waals surface area contributed by atoms with Gasteiger partial charge in [0.05, 0.1) is 17.0 Å². The van der Waals surface area contributed by atoms with Gasteiger partial charge in [-0.25, -0.2) is 0 Å². The Balaban J connectivity index is 2.05. The van der Waals surface area contributed by atoms with Crippen LogP contribution in [-0.2, 0) is 4.79 Å². The molecule has 128 valence electrons. The molecule has 0 aliphatic rings.